The van der Waals surface area contributed by atoms with Gasteiger partial charge in [0.15, 0.2) is 11.6 Å². The maximum absolute atomic E-state index is 13.3. The van der Waals surface area contributed by atoms with Crippen molar-refractivity contribution < 1.29 is 13.9 Å². The lowest BCUT2D eigenvalue weighted by Gasteiger charge is -2.07. The van der Waals surface area contributed by atoms with E-state index in [2.05, 4.69) is 0 Å². The average Bonchev–Trinajstić information content (AvgIpc) is 2.41. The molecule has 0 N–H and O–H groups in total. The van der Waals surface area contributed by atoms with Crippen molar-refractivity contribution in [3.8, 4) is 5.75 Å². The minimum Gasteiger partial charge on any atom is -0.494 e. The van der Waals surface area contributed by atoms with Crippen molar-refractivity contribution in [3.63, 3.8) is 0 Å². The summed E-state index contributed by atoms with van der Waals surface area (Å²) in [6, 6.07) is 11.5. The molecule has 2 rings (SSSR count). The molecule has 0 bridgehead atoms. The molecule has 2 nitrogen and oxygen atoms in total. The second-order valence-electron chi connectivity index (χ2n) is 3.67. The fourth-order valence-electron chi connectivity index (χ4n) is 1.55. The van der Waals surface area contributed by atoms with Crippen molar-refractivity contribution in [2.75, 3.05) is 7.11 Å². The van der Waals surface area contributed by atoms with Crippen molar-refractivity contribution >= 4 is 28.6 Å². The van der Waals surface area contributed by atoms with Gasteiger partial charge in [0.2, 0.25) is 0 Å². The normalized spacial score (nSPS) is 10.3. The number of methoxy groups -OCH3 is 1. The molecule has 2 aromatic rings. The summed E-state index contributed by atoms with van der Waals surface area (Å²) in [7, 11) is 1.41. The Morgan fingerprint density at radius 2 is 2.00 bits per heavy atom. The maximum atomic E-state index is 13.3. The number of rotatable bonds is 4. The largest absolute Gasteiger partial charge is 0.494 e. The van der Waals surface area contributed by atoms with E-state index in [9.17, 15) is 9.18 Å². The van der Waals surface area contributed by atoms with Crippen molar-refractivity contribution in [2.24, 2.45) is 0 Å². The van der Waals surface area contributed by atoms with Crippen molar-refractivity contribution in [1.29, 1.82) is 0 Å². The van der Waals surface area contributed by atoms with Gasteiger partial charge in [-0.25, -0.2) is 4.39 Å². The van der Waals surface area contributed by atoms with E-state index < -0.39 is 11.1 Å². The van der Waals surface area contributed by atoms with E-state index in [-0.39, 0.29) is 5.75 Å². The first-order valence-corrected chi connectivity index (χ1v) is 6.61. The molecular formula is C14H10ClFO2S. The van der Waals surface area contributed by atoms with Crippen LogP contribution in [-0.2, 0) is 0 Å². The molecule has 0 aromatic heterocycles. The van der Waals surface area contributed by atoms with Crippen LogP contribution in [0.1, 0.15) is 10.4 Å². The number of ether oxygens (including phenoxy) is 1. The van der Waals surface area contributed by atoms with Gasteiger partial charge >= 0.3 is 0 Å². The standard InChI is InChI=1S/C14H10ClFO2S/c1-18-12-8-9(6-7-11(12)16)19-13-5-3-2-4-10(13)14(15)17/h2-8H,1H3. The molecule has 0 unspecified atom stereocenters. The Balaban J connectivity index is 2.34. The number of halogens is 2. The quantitative estimate of drug-likeness (QED) is 0.784. The molecule has 0 heterocycles. The van der Waals surface area contributed by atoms with Gasteiger partial charge in [0.25, 0.3) is 5.24 Å². The van der Waals surface area contributed by atoms with Gasteiger partial charge < -0.3 is 4.74 Å². The van der Waals surface area contributed by atoms with Crippen LogP contribution >= 0.6 is 23.4 Å². The minimum atomic E-state index is -0.517. The Kier molecular flexibility index (Phi) is 4.45. The van der Waals surface area contributed by atoms with Crippen molar-refractivity contribution in [3.05, 3.63) is 53.8 Å². The molecule has 0 aliphatic heterocycles. The Labute approximate surface area is 119 Å². The highest BCUT2D eigenvalue weighted by Gasteiger charge is 2.11. The number of hydrogen-bond acceptors (Lipinski definition) is 3. The topological polar surface area (TPSA) is 26.3 Å². The predicted molar refractivity (Wildman–Crippen MR) is 73.7 cm³/mol. The first kappa shape index (κ1) is 13.9. The molecule has 0 aliphatic carbocycles. The lowest BCUT2D eigenvalue weighted by atomic mass is 10.2. The van der Waals surface area contributed by atoms with Crippen LogP contribution in [0.2, 0.25) is 0 Å². The lowest BCUT2D eigenvalue weighted by Crippen LogP contribution is -1.92. The lowest BCUT2D eigenvalue weighted by molar-refractivity contribution is 0.107. The summed E-state index contributed by atoms with van der Waals surface area (Å²) in [5.41, 5.74) is 0.428. The maximum Gasteiger partial charge on any atom is 0.253 e. The van der Waals surface area contributed by atoms with Crippen LogP contribution in [0, 0.1) is 5.82 Å². The first-order valence-electron chi connectivity index (χ1n) is 5.42. The van der Waals surface area contributed by atoms with Gasteiger partial charge in [-0.1, -0.05) is 23.9 Å². The van der Waals surface area contributed by atoms with Crippen molar-refractivity contribution in [2.45, 2.75) is 9.79 Å². The fourth-order valence-corrected chi connectivity index (χ4v) is 2.74. The second-order valence-corrected chi connectivity index (χ2v) is 5.13. The summed E-state index contributed by atoms with van der Waals surface area (Å²) in [5, 5.41) is -0.517. The van der Waals surface area contributed by atoms with Gasteiger partial charge in [0, 0.05) is 15.4 Å². The highest BCUT2D eigenvalue weighted by atomic mass is 35.5. The molecule has 0 radical (unpaired) electrons. The molecule has 0 atom stereocenters. The Morgan fingerprint density at radius 1 is 1.26 bits per heavy atom. The Morgan fingerprint density at radius 3 is 2.68 bits per heavy atom. The molecular weight excluding hydrogens is 287 g/mol. The van der Waals surface area contributed by atoms with Gasteiger partial charge in [-0.15, -0.1) is 0 Å². The molecule has 0 amide bonds. The minimum absolute atomic E-state index is 0.166. The second kappa shape index (κ2) is 6.08. The van der Waals surface area contributed by atoms with E-state index in [1.54, 1.807) is 30.3 Å². The number of carbonyl (C=O) groups excluding carboxylic acids is 1. The molecule has 98 valence electrons. The van der Waals surface area contributed by atoms with E-state index >= 15 is 0 Å². The summed E-state index contributed by atoms with van der Waals surface area (Å²) >= 11 is 6.85. The average molecular weight is 297 g/mol. The van der Waals surface area contributed by atoms with E-state index in [1.807, 2.05) is 6.07 Å². The monoisotopic (exact) mass is 296 g/mol. The van der Waals surface area contributed by atoms with Crippen LogP contribution in [0.4, 0.5) is 4.39 Å². The van der Waals surface area contributed by atoms with Gasteiger partial charge in [0.1, 0.15) is 0 Å². The summed E-state index contributed by atoms with van der Waals surface area (Å²) < 4.78 is 18.2. The molecule has 5 heteroatoms. The van der Waals surface area contributed by atoms with Gasteiger partial charge in [0.05, 0.1) is 7.11 Å². The predicted octanol–water partition coefficient (Wildman–Crippen LogP) is 4.36. The molecule has 19 heavy (non-hydrogen) atoms. The van der Waals surface area contributed by atoms with Gasteiger partial charge in [-0.3, -0.25) is 4.79 Å². The zero-order chi connectivity index (χ0) is 13.8. The molecule has 0 spiro atoms. The summed E-state index contributed by atoms with van der Waals surface area (Å²) in [6.45, 7) is 0. The molecule has 0 saturated heterocycles. The third-order valence-electron chi connectivity index (χ3n) is 2.45. The zero-order valence-electron chi connectivity index (χ0n) is 10.0. The Bertz CT molecular complexity index is 616. The van der Waals surface area contributed by atoms with E-state index in [0.29, 0.717) is 5.56 Å². The van der Waals surface area contributed by atoms with Crippen molar-refractivity contribution in [1.82, 2.24) is 0 Å². The number of hydrogen-bond donors (Lipinski definition) is 0. The van der Waals surface area contributed by atoms with E-state index in [4.69, 9.17) is 16.3 Å². The summed E-state index contributed by atoms with van der Waals surface area (Å²) in [6.07, 6.45) is 0. The van der Waals surface area contributed by atoms with Crippen LogP contribution in [-0.4, -0.2) is 12.4 Å². The van der Waals surface area contributed by atoms with Crippen LogP contribution in [0.25, 0.3) is 0 Å². The van der Waals surface area contributed by atoms with E-state index in [0.717, 1.165) is 9.79 Å². The van der Waals surface area contributed by atoms with Gasteiger partial charge in [-0.2, -0.15) is 0 Å². The third-order valence-corrected chi connectivity index (χ3v) is 3.72. The summed E-state index contributed by atoms with van der Waals surface area (Å²) in [4.78, 5) is 12.8. The van der Waals surface area contributed by atoms with Crippen LogP contribution in [0.5, 0.6) is 5.75 Å². The highest BCUT2D eigenvalue weighted by Crippen LogP contribution is 2.33. The summed E-state index contributed by atoms with van der Waals surface area (Å²) in [5.74, 6) is -0.256. The van der Waals surface area contributed by atoms with Crippen LogP contribution in [0.15, 0.2) is 52.3 Å². The SMILES string of the molecule is COc1cc(Sc2ccccc2C(=O)Cl)ccc1F. The number of carbonyl (C=O) groups is 1. The first-order chi connectivity index (χ1) is 9.11. The molecule has 0 saturated carbocycles. The smallest absolute Gasteiger partial charge is 0.253 e. The molecule has 0 fully saturated rings. The number of benzene rings is 2. The van der Waals surface area contributed by atoms with Gasteiger partial charge in [-0.05, 0) is 41.9 Å². The zero-order valence-corrected chi connectivity index (χ0v) is 11.6. The fraction of sp³-hybridized carbons (Fsp3) is 0.0714. The van der Waals surface area contributed by atoms with E-state index in [1.165, 1.54) is 24.9 Å². The molecule has 0 aliphatic rings. The van der Waals surface area contributed by atoms with Crippen LogP contribution in [0.3, 0.4) is 0 Å². The Hall–Kier alpha value is -1.52. The highest BCUT2D eigenvalue weighted by molar-refractivity contribution is 7.99. The third kappa shape index (κ3) is 3.28. The van der Waals surface area contributed by atoms with Crippen LogP contribution < -0.4 is 4.74 Å². The molecule has 2 aromatic carbocycles.